The molecule has 0 spiro atoms. The quantitative estimate of drug-likeness (QED) is 0.441. The van der Waals surface area contributed by atoms with Gasteiger partial charge in [0.05, 0.1) is 12.1 Å². The average molecular weight is 407 g/mol. The van der Waals surface area contributed by atoms with Gasteiger partial charge in [-0.15, -0.1) is 0 Å². The van der Waals surface area contributed by atoms with Crippen LogP contribution in [0, 0.1) is 11.6 Å². The van der Waals surface area contributed by atoms with Gasteiger partial charge in [-0.05, 0) is 35.9 Å². The molecule has 154 valence electrons. The smallest absolute Gasteiger partial charge is 0.160 e. The van der Waals surface area contributed by atoms with E-state index in [0.717, 1.165) is 28.2 Å². The van der Waals surface area contributed by atoms with E-state index in [1.807, 2.05) is 73.0 Å². The molecular weight excluding hydrogens is 384 g/mol. The van der Waals surface area contributed by atoms with Gasteiger partial charge in [0.2, 0.25) is 0 Å². The lowest BCUT2D eigenvalue weighted by atomic mass is 9.90. The average Bonchev–Trinajstić information content (AvgIpc) is 3.16. The summed E-state index contributed by atoms with van der Waals surface area (Å²) in [5.41, 5.74) is 2.50. The lowest BCUT2D eigenvalue weighted by molar-refractivity contribution is 0.214. The fraction of sp³-hybridized carbons (Fsp3) is 0.200. The molecule has 3 nitrogen and oxygen atoms in total. The number of ether oxygens (including phenoxy) is 1. The normalized spacial score (nSPS) is 11.8. The molecule has 0 saturated heterocycles. The summed E-state index contributed by atoms with van der Waals surface area (Å²) >= 11 is 0. The second-order valence-electron chi connectivity index (χ2n) is 7.97. The number of nitrogens with zero attached hydrogens (tertiary/aromatic N) is 1. The van der Waals surface area contributed by atoms with Crippen LogP contribution in [-0.2, 0) is 12.0 Å². The molecule has 0 bridgehead atoms. The number of benzene rings is 3. The summed E-state index contributed by atoms with van der Waals surface area (Å²) in [6.07, 6.45) is 0. The first-order valence-electron chi connectivity index (χ1n) is 9.79. The molecule has 0 atom stereocenters. The van der Waals surface area contributed by atoms with Gasteiger partial charge in [-0.2, -0.15) is 0 Å². The second-order valence-corrected chi connectivity index (χ2v) is 7.97. The van der Waals surface area contributed by atoms with Gasteiger partial charge in [0.25, 0.3) is 0 Å². The third-order valence-corrected chi connectivity index (χ3v) is 5.29. The number of hydrogen-bond acceptors (Lipinski definition) is 2. The summed E-state index contributed by atoms with van der Waals surface area (Å²) in [7, 11) is 0. The molecule has 0 saturated carbocycles. The van der Waals surface area contributed by atoms with Crippen LogP contribution in [0.1, 0.15) is 25.1 Å². The van der Waals surface area contributed by atoms with Gasteiger partial charge in [-0.25, -0.2) is 8.78 Å². The van der Waals surface area contributed by atoms with Crippen LogP contribution in [0.5, 0.6) is 5.75 Å². The lowest BCUT2D eigenvalue weighted by Crippen LogP contribution is -2.25. The van der Waals surface area contributed by atoms with Crippen LogP contribution in [0.2, 0.25) is 0 Å². The topological polar surface area (TPSA) is 34.4 Å². The van der Waals surface area contributed by atoms with Gasteiger partial charge in [-0.3, -0.25) is 0 Å². The van der Waals surface area contributed by atoms with E-state index < -0.39 is 17.0 Å². The van der Waals surface area contributed by atoms with Crippen LogP contribution < -0.4 is 4.74 Å². The van der Waals surface area contributed by atoms with Gasteiger partial charge in [-0.1, -0.05) is 50.2 Å². The summed E-state index contributed by atoms with van der Waals surface area (Å²) in [4.78, 5) is 0. The number of aliphatic hydroxyl groups is 1. The summed E-state index contributed by atoms with van der Waals surface area (Å²) in [6, 6.07) is 21.3. The largest absolute Gasteiger partial charge is 0.488 e. The van der Waals surface area contributed by atoms with E-state index >= 15 is 0 Å². The van der Waals surface area contributed by atoms with Crippen molar-refractivity contribution in [3.63, 3.8) is 0 Å². The van der Waals surface area contributed by atoms with Crippen molar-refractivity contribution in [2.24, 2.45) is 0 Å². The van der Waals surface area contributed by atoms with E-state index in [9.17, 15) is 13.9 Å². The Morgan fingerprint density at radius 1 is 0.900 bits per heavy atom. The van der Waals surface area contributed by atoms with E-state index in [2.05, 4.69) is 0 Å². The van der Waals surface area contributed by atoms with Crippen LogP contribution in [0.4, 0.5) is 8.78 Å². The third kappa shape index (κ3) is 3.68. The number of aromatic nitrogens is 1. The zero-order chi connectivity index (χ0) is 21.3. The van der Waals surface area contributed by atoms with Crippen molar-refractivity contribution < 1.29 is 18.6 Å². The highest BCUT2D eigenvalue weighted by molar-refractivity contribution is 5.89. The number of fused-ring (bicyclic) bond motifs is 1. The van der Waals surface area contributed by atoms with Gasteiger partial charge >= 0.3 is 0 Å². The van der Waals surface area contributed by atoms with E-state index in [4.69, 9.17) is 4.74 Å². The fourth-order valence-electron chi connectivity index (χ4n) is 3.55. The third-order valence-electron chi connectivity index (χ3n) is 5.29. The van der Waals surface area contributed by atoms with E-state index in [-0.39, 0.29) is 6.61 Å². The van der Waals surface area contributed by atoms with Crippen LogP contribution >= 0.6 is 0 Å². The minimum atomic E-state index is -0.918. The Hall–Kier alpha value is -3.18. The Labute approximate surface area is 174 Å². The predicted molar refractivity (Wildman–Crippen MR) is 114 cm³/mol. The van der Waals surface area contributed by atoms with Gasteiger partial charge < -0.3 is 14.4 Å². The molecular formula is C25H23F2NO2. The maximum Gasteiger partial charge on any atom is 0.160 e. The highest BCUT2D eigenvalue weighted by Gasteiger charge is 2.27. The maximum absolute atomic E-state index is 14.0. The van der Waals surface area contributed by atoms with E-state index in [0.29, 0.717) is 18.0 Å². The maximum atomic E-state index is 14.0. The highest BCUT2D eigenvalue weighted by atomic mass is 19.2. The molecule has 0 aliphatic heterocycles. The van der Waals surface area contributed by atoms with Gasteiger partial charge in [0.1, 0.15) is 12.4 Å². The first kappa shape index (κ1) is 20.1. The zero-order valence-corrected chi connectivity index (χ0v) is 16.9. The first-order valence-corrected chi connectivity index (χ1v) is 9.79. The van der Waals surface area contributed by atoms with Crippen LogP contribution in [0.15, 0.2) is 72.8 Å². The Morgan fingerprint density at radius 2 is 1.67 bits per heavy atom. The second kappa shape index (κ2) is 7.92. The Bertz CT molecular complexity index is 1180. The first-order chi connectivity index (χ1) is 14.4. The molecule has 4 aromatic rings. The molecule has 0 fully saturated rings. The van der Waals surface area contributed by atoms with Crippen molar-refractivity contribution in [1.82, 2.24) is 4.57 Å². The van der Waals surface area contributed by atoms with Crippen molar-refractivity contribution in [3.05, 3.63) is 95.7 Å². The van der Waals surface area contributed by atoms with Crippen molar-refractivity contribution in [1.29, 1.82) is 0 Å². The molecule has 30 heavy (non-hydrogen) atoms. The molecule has 1 N–H and O–H groups in total. The van der Waals surface area contributed by atoms with E-state index in [1.165, 1.54) is 12.1 Å². The van der Waals surface area contributed by atoms with Crippen molar-refractivity contribution >= 4 is 10.9 Å². The van der Waals surface area contributed by atoms with Crippen LogP contribution in [0.3, 0.4) is 0 Å². The summed E-state index contributed by atoms with van der Waals surface area (Å²) in [5.74, 6) is -1.13. The summed E-state index contributed by atoms with van der Waals surface area (Å²) in [5, 5.41) is 10.8. The molecule has 0 aliphatic rings. The minimum Gasteiger partial charge on any atom is -0.488 e. The summed E-state index contributed by atoms with van der Waals surface area (Å²) in [6.45, 7) is 4.12. The molecule has 1 aromatic heterocycles. The Morgan fingerprint density at radius 3 is 2.37 bits per heavy atom. The fourth-order valence-corrected chi connectivity index (χ4v) is 3.55. The van der Waals surface area contributed by atoms with Gasteiger partial charge in [0.15, 0.2) is 11.6 Å². The monoisotopic (exact) mass is 407 g/mol. The molecule has 0 aliphatic carbocycles. The van der Waals surface area contributed by atoms with Crippen molar-refractivity contribution in [2.45, 2.75) is 25.9 Å². The van der Waals surface area contributed by atoms with Crippen molar-refractivity contribution in [2.75, 3.05) is 6.61 Å². The molecule has 0 unspecified atom stereocenters. The number of rotatable bonds is 6. The SMILES string of the molecule is CC(C)(CO)c1cc2c(OCc3ccccc3)cccc2n1-c1ccc(F)c(F)c1. The predicted octanol–water partition coefficient (Wildman–Crippen LogP) is 5.76. The molecule has 3 aromatic carbocycles. The lowest BCUT2D eigenvalue weighted by Gasteiger charge is -2.24. The Kier molecular flexibility index (Phi) is 5.31. The summed E-state index contributed by atoms with van der Waals surface area (Å²) < 4.78 is 35.5. The standard InChI is InChI=1S/C25H23F2NO2/c1-25(2,16-29)24-14-19-22(28(24)18-11-12-20(26)21(27)13-18)9-6-10-23(19)30-15-17-7-4-3-5-8-17/h3-14,29H,15-16H2,1-2H3. The number of halogens is 2. The Balaban J connectivity index is 1.87. The van der Waals surface area contributed by atoms with Crippen LogP contribution in [-0.4, -0.2) is 16.3 Å². The molecule has 0 amide bonds. The highest BCUT2D eigenvalue weighted by Crippen LogP contribution is 2.37. The number of hydrogen-bond donors (Lipinski definition) is 1. The molecule has 0 radical (unpaired) electrons. The zero-order valence-electron chi connectivity index (χ0n) is 16.9. The molecule has 1 heterocycles. The molecule has 5 heteroatoms. The minimum absolute atomic E-state index is 0.104. The molecule has 4 rings (SSSR count). The van der Waals surface area contributed by atoms with Crippen molar-refractivity contribution in [3.8, 4) is 11.4 Å². The van der Waals surface area contributed by atoms with Crippen LogP contribution in [0.25, 0.3) is 16.6 Å². The number of aliphatic hydroxyl groups excluding tert-OH is 1. The van der Waals surface area contributed by atoms with Gasteiger partial charge in [0, 0.05) is 28.2 Å². The van der Waals surface area contributed by atoms with E-state index in [1.54, 1.807) is 0 Å².